The van der Waals surface area contributed by atoms with E-state index >= 15 is 0 Å². The number of carbonyl (C=O) groups is 1. The first-order chi connectivity index (χ1) is 10.9. The van der Waals surface area contributed by atoms with Crippen molar-refractivity contribution in [3.8, 4) is 6.07 Å². The minimum absolute atomic E-state index is 0.0687. The Kier molecular flexibility index (Phi) is 4.68. The molecule has 0 saturated heterocycles. The highest BCUT2D eigenvalue weighted by molar-refractivity contribution is 7.18. The number of benzene rings is 1. The minimum Gasteiger partial charge on any atom is -0.389 e. The number of hydrazone groups is 1. The van der Waals surface area contributed by atoms with Crippen molar-refractivity contribution in [1.82, 2.24) is 5.43 Å². The lowest BCUT2D eigenvalue weighted by molar-refractivity contribution is -0.384. The van der Waals surface area contributed by atoms with Crippen LogP contribution in [0.3, 0.4) is 0 Å². The first kappa shape index (κ1) is 16.1. The number of hydrogen-bond donors (Lipinski definition) is 2. The lowest BCUT2D eigenvalue weighted by atomic mass is 10.2. The molecule has 0 unspecified atom stereocenters. The number of thiophene rings is 1. The summed E-state index contributed by atoms with van der Waals surface area (Å²) in [6.45, 7) is 1.63. The number of non-ortho nitro benzene ring substituents is 1. The Morgan fingerprint density at radius 1 is 1.57 bits per heavy atom. The highest BCUT2D eigenvalue weighted by Gasteiger charge is 2.18. The first-order valence-corrected chi connectivity index (χ1v) is 7.12. The van der Waals surface area contributed by atoms with E-state index in [2.05, 4.69) is 10.5 Å². The number of nitrogens with zero attached hydrogens (tertiary/aromatic N) is 3. The molecular weight excluding hydrogens is 318 g/mol. The van der Waals surface area contributed by atoms with Crippen molar-refractivity contribution in [2.75, 3.05) is 5.73 Å². The molecule has 0 atom stereocenters. The lowest BCUT2D eigenvalue weighted by Crippen LogP contribution is -2.17. The van der Waals surface area contributed by atoms with Crippen LogP contribution < -0.4 is 11.2 Å². The summed E-state index contributed by atoms with van der Waals surface area (Å²) in [5, 5.41) is 23.7. The zero-order valence-electron chi connectivity index (χ0n) is 11.9. The monoisotopic (exact) mass is 329 g/mol. The quantitative estimate of drug-likeness (QED) is 0.503. The van der Waals surface area contributed by atoms with E-state index in [0.717, 1.165) is 11.3 Å². The average molecular weight is 329 g/mol. The van der Waals surface area contributed by atoms with Crippen molar-refractivity contribution in [1.29, 1.82) is 5.26 Å². The molecule has 2 rings (SSSR count). The number of anilines is 1. The molecule has 9 heteroatoms. The second kappa shape index (κ2) is 6.67. The lowest BCUT2D eigenvalue weighted by Gasteiger charge is -1.98. The van der Waals surface area contributed by atoms with Crippen LogP contribution in [0, 0.1) is 28.4 Å². The minimum atomic E-state index is -0.517. The third-order valence-corrected chi connectivity index (χ3v) is 4.07. The van der Waals surface area contributed by atoms with Crippen molar-refractivity contribution in [3.05, 3.63) is 55.9 Å². The molecule has 0 spiro atoms. The largest absolute Gasteiger partial charge is 0.389 e. The van der Waals surface area contributed by atoms with Gasteiger partial charge in [0.25, 0.3) is 11.6 Å². The Hall–Kier alpha value is -3.25. The fourth-order valence-corrected chi connectivity index (χ4v) is 2.74. The first-order valence-electron chi connectivity index (χ1n) is 6.31. The van der Waals surface area contributed by atoms with Crippen LogP contribution in [0.5, 0.6) is 0 Å². The topological polar surface area (TPSA) is 134 Å². The molecule has 116 valence electrons. The summed E-state index contributed by atoms with van der Waals surface area (Å²) < 4.78 is 0. The molecule has 0 aliphatic heterocycles. The SMILES string of the molecule is Cc1c(C(=O)NN=Cc2cccc([N+](=O)[O-])c2)sc(N)c1C#N. The number of nitrogen functional groups attached to an aromatic ring is 1. The third-order valence-electron chi connectivity index (χ3n) is 2.95. The number of amides is 1. The van der Waals surface area contributed by atoms with Gasteiger partial charge in [0.2, 0.25) is 0 Å². The normalized spacial score (nSPS) is 10.4. The second-order valence-electron chi connectivity index (χ2n) is 4.46. The van der Waals surface area contributed by atoms with E-state index in [9.17, 15) is 14.9 Å². The molecule has 2 aromatic rings. The van der Waals surface area contributed by atoms with Crippen molar-refractivity contribution in [2.45, 2.75) is 6.92 Å². The van der Waals surface area contributed by atoms with Gasteiger partial charge in [0.05, 0.1) is 16.7 Å². The molecule has 0 bridgehead atoms. The van der Waals surface area contributed by atoms with E-state index in [4.69, 9.17) is 11.0 Å². The van der Waals surface area contributed by atoms with Crippen LogP contribution in [-0.2, 0) is 0 Å². The maximum Gasteiger partial charge on any atom is 0.281 e. The third kappa shape index (κ3) is 3.50. The highest BCUT2D eigenvalue weighted by Crippen LogP contribution is 2.29. The molecule has 1 aromatic carbocycles. The van der Waals surface area contributed by atoms with E-state index in [-0.39, 0.29) is 16.3 Å². The van der Waals surface area contributed by atoms with Crippen LogP contribution >= 0.6 is 11.3 Å². The molecule has 0 radical (unpaired) electrons. The molecule has 0 aliphatic rings. The van der Waals surface area contributed by atoms with Gasteiger partial charge < -0.3 is 5.73 Å². The standard InChI is InChI=1S/C14H11N5O3S/c1-8-11(6-15)13(16)23-12(8)14(20)18-17-7-9-3-2-4-10(5-9)19(21)22/h2-5,7H,16H2,1H3,(H,18,20). The van der Waals surface area contributed by atoms with Gasteiger partial charge in [-0.1, -0.05) is 12.1 Å². The Bertz CT molecular complexity index is 851. The van der Waals surface area contributed by atoms with E-state index in [1.807, 2.05) is 6.07 Å². The van der Waals surface area contributed by atoms with Gasteiger partial charge in [-0.15, -0.1) is 11.3 Å². The summed E-state index contributed by atoms with van der Waals surface area (Å²) in [5.41, 5.74) is 9.16. The van der Waals surface area contributed by atoms with Gasteiger partial charge >= 0.3 is 0 Å². The summed E-state index contributed by atoms with van der Waals surface area (Å²) in [5.74, 6) is -0.498. The zero-order valence-corrected chi connectivity index (χ0v) is 12.8. The Morgan fingerprint density at radius 2 is 2.30 bits per heavy atom. The highest BCUT2D eigenvalue weighted by atomic mass is 32.1. The summed E-state index contributed by atoms with van der Waals surface area (Å²) in [6.07, 6.45) is 1.29. The van der Waals surface area contributed by atoms with Crippen molar-refractivity contribution < 1.29 is 9.72 Å². The summed E-state index contributed by atoms with van der Waals surface area (Å²) in [7, 11) is 0. The summed E-state index contributed by atoms with van der Waals surface area (Å²) >= 11 is 1.01. The van der Waals surface area contributed by atoms with Crippen LogP contribution in [0.15, 0.2) is 29.4 Å². The van der Waals surface area contributed by atoms with Gasteiger partial charge in [-0.2, -0.15) is 10.4 Å². The number of nitro groups is 1. The molecule has 0 saturated carbocycles. The van der Waals surface area contributed by atoms with Gasteiger partial charge in [-0.25, -0.2) is 5.43 Å². The Labute approximate surface area is 135 Å². The van der Waals surface area contributed by atoms with Crippen LogP contribution in [0.1, 0.15) is 26.4 Å². The van der Waals surface area contributed by atoms with Gasteiger partial charge in [-0.3, -0.25) is 14.9 Å². The van der Waals surface area contributed by atoms with E-state index in [1.165, 1.54) is 24.4 Å². The van der Waals surface area contributed by atoms with Crippen molar-refractivity contribution in [3.63, 3.8) is 0 Å². The van der Waals surface area contributed by atoms with E-state index in [1.54, 1.807) is 13.0 Å². The maximum atomic E-state index is 12.0. The van der Waals surface area contributed by atoms with Crippen LogP contribution in [0.25, 0.3) is 0 Å². The van der Waals surface area contributed by atoms with Crippen LogP contribution in [-0.4, -0.2) is 17.0 Å². The van der Waals surface area contributed by atoms with Crippen LogP contribution in [0.4, 0.5) is 10.7 Å². The number of nitrogens with two attached hydrogens (primary N) is 1. The number of nitrogens with one attached hydrogen (secondary N) is 1. The molecule has 23 heavy (non-hydrogen) atoms. The molecule has 0 fully saturated rings. The number of rotatable bonds is 4. The number of hydrogen-bond acceptors (Lipinski definition) is 7. The molecule has 1 aromatic heterocycles. The zero-order chi connectivity index (χ0) is 17.0. The molecule has 1 amide bonds. The number of nitro benzene ring substituents is 1. The maximum absolute atomic E-state index is 12.0. The van der Waals surface area contributed by atoms with Crippen molar-refractivity contribution >= 4 is 34.1 Å². The molecule has 8 nitrogen and oxygen atoms in total. The average Bonchev–Trinajstić information content (AvgIpc) is 2.81. The second-order valence-corrected chi connectivity index (χ2v) is 5.51. The molecular formula is C14H11N5O3S. The number of nitriles is 1. The van der Waals surface area contributed by atoms with Gasteiger partial charge in [0, 0.05) is 17.7 Å². The van der Waals surface area contributed by atoms with Gasteiger partial charge in [0.15, 0.2) is 0 Å². The fourth-order valence-electron chi connectivity index (χ4n) is 1.83. The predicted molar refractivity (Wildman–Crippen MR) is 86.3 cm³/mol. The molecule has 3 N–H and O–H groups in total. The molecule has 1 heterocycles. The van der Waals surface area contributed by atoms with Crippen LogP contribution in [0.2, 0.25) is 0 Å². The smallest absolute Gasteiger partial charge is 0.281 e. The van der Waals surface area contributed by atoms with Gasteiger partial charge in [0.1, 0.15) is 15.9 Å². The molecule has 0 aliphatic carbocycles. The van der Waals surface area contributed by atoms with Crippen molar-refractivity contribution in [2.24, 2.45) is 5.10 Å². The summed E-state index contributed by atoms with van der Waals surface area (Å²) in [6, 6.07) is 7.76. The summed E-state index contributed by atoms with van der Waals surface area (Å²) in [4.78, 5) is 22.5. The van der Waals surface area contributed by atoms with E-state index < -0.39 is 10.8 Å². The van der Waals surface area contributed by atoms with Gasteiger partial charge in [-0.05, 0) is 12.5 Å². The Morgan fingerprint density at radius 3 is 2.91 bits per heavy atom. The Balaban J connectivity index is 2.12. The fraction of sp³-hybridized carbons (Fsp3) is 0.0714. The van der Waals surface area contributed by atoms with E-state index in [0.29, 0.717) is 16.0 Å². The predicted octanol–water partition coefficient (Wildman–Crippen LogP) is 2.18. The number of carbonyl (C=O) groups excluding carboxylic acids is 1.